The van der Waals surface area contributed by atoms with Gasteiger partial charge in [0.25, 0.3) is 0 Å². The van der Waals surface area contributed by atoms with Gasteiger partial charge in [-0.1, -0.05) is 6.92 Å². The number of likely N-dealkylation sites (tertiary alicyclic amines) is 1. The van der Waals surface area contributed by atoms with Crippen molar-refractivity contribution in [2.75, 3.05) is 32.6 Å². The monoisotopic (exact) mass is 350 g/mol. The third kappa shape index (κ3) is 4.40. The number of nitrogens with zero attached hydrogens (tertiary/aromatic N) is 1. The van der Waals surface area contributed by atoms with Gasteiger partial charge in [-0.2, -0.15) is 0 Å². The van der Waals surface area contributed by atoms with Crippen molar-refractivity contribution in [3.8, 4) is 5.75 Å². The number of carbonyl (C=O) groups excluding carboxylic acids is 2. The molecule has 1 aliphatic heterocycles. The summed E-state index contributed by atoms with van der Waals surface area (Å²) >= 11 is 0. The largest absolute Gasteiger partial charge is 0.495 e. The fourth-order valence-electron chi connectivity index (χ4n) is 2.93. The first kappa shape index (κ1) is 18.6. The average molecular weight is 350 g/mol. The van der Waals surface area contributed by atoms with Crippen LogP contribution < -0.4 is 10.1 Å². The quantitative estimate of drug-likeness (QED) is 0.805. The predicted molar refractivity (Wildman–Crippen MR) is 89.8 cm³/mol. The summed E-state index contributed by atoms with van der Waals surface area (Å²) in [6.07, 6.45) is 0.552. The van der Waals surface area contributed by atoms with E-state index in [2.05, 4.69) is 10.1 Å². The van der Waals surface area contributed by atoms with Crippen LogP contribution in [0.25, 0.3) is 0 Å². The molecule has 25 heavy (non-hydrogen) atoms. The maximum atomic E-state index is 12.5. The van der Waals surface area contributed by atoms with Gasteiger partial charge >= 0.3 is 18.0 Å². The molecule has 8 nitrogen and oxygen atoms in total. The van der Waals surface area contributed by atoms with Crippen molar-refractivity contribution < 1.29 is 29.0 Å². The molecule has 2 rings (SSSR count). The minimum absolute atomic E-state index is 0.101. The lowest BCUT2D eigenvalue weighted by molar-refractivity contribution is -0.143. The summed E-state index contributed by atoms with van der Waals surface area (Å²) in [4.78, 5) is 36.8. The van der Waals surface area contributed by atoms with Gasteiger partial charge in [0.2, 0.25) is 0 Å². The molecule has 1 aromatic rings. The Balaban J connectivity index is 2.14. The molecule has 1 aliphatic rings. The van der Waals surface area contributed by atoms with Gasteiger partial charge in [-0.15, -0.1) is 0 Å². The molecule has 0 bridgehead atoms. The summed E-state index contributed by atoms with van der Waals surface area (Å²) in [5.41, 5.74) is 0.695. The van der Waals surface area contributed by atoms with E-state index in [1.165, 1.54) is 31.3 Å². The van der Waals surface area contributed by atoms with Crippen molar-refractivity contribution in [1.82, 2.24) is 4.90 Å². The van der Waals surface area contributed by atoms with Crippen LogP contribution in [-0.4, -0.2) is 55.3 Å². The average Bonchev–Trinajstić information content (AvgIpc) is 2.60. The van der Waals surface area contributed by atoms with Gasteiger partial charge in [-0.25, -0.2) is 9.59 Å². The zero-order valence-electron chi connectivity index (χ0n) is 14.4. The second-order valence-electron chi connectivity index (χ2n) is 6.12. The Morgan fingerprint density at radius 2 is 1.96 bits per heavy atom. The number of piperidine rings is 1. The van der Waals surface area contributed by atoms with Crippen molar-refractivity contribution in [2.24, 2.45) is 11.8 Å². The van der Waals surface area contributed by atoms with Gasteiger partial charge in [-0.05, 0) is 30.5 Å². The molecule has 2 unspecified atom stereocenters. The minimum Gasteiger partial charge on any atom is -0.495 e. The third-order valence-corrected chi connectivity index (χ3v) is 4.16. The summed E-state index contributed by atoms with van der Waals surface area (Å²) in [5.74, 6) is -1.56. The van der Waals surface area contributed by atoms with E-state index in [4.69, 9.17) is 4.74 Å². The lowest BCUT2D eigenvalue weighted by Crippen LogP contribution is -2.47. The van der Waals surface area contributed by atoms with Crippen LogP contribution in [0.3, 0.4) is 0 Å². The molecular weight excluding hydrogens is 328 g/mol. The molecule has 136 valence electrons. The highest BCUT2D eigenvalue weighted by Gasteiger charge is 2.32. The van der Waals surface area contributed by atoms with Crippen LogP contribution in [0.4, 0.5) is 10.5 Å². The second-order valence-corrected chi connectivity index (χ2v) is 6.12. The number of anilines is 1. The van der Waals surface area contributed by atoms with Crippen LogP contribution in [0.5, 0.6) is 5.75 Å². The number of hydrogen-bond acceptors (Lipinski definition) is 5. The molecular formula is C17H22N2O6. The van der Waals surface area contributed by atoms with Crippen LogP contribution in [0.1, 0.15) is 23.7 Å². The lowest BCUT2D eigenvalue weighted by Gasteiger charge is -2.34. The van der Waals surface area contributed by atoms with Gasteiger partial charge in [0.1, 0.15) is 5.75 Å². The molecule has 0 radical (unpaired) electrons. The number of aliphatic carboxylic acids is 1. The molecule has 0 spiro atoms. The minimum atomic E-state index is -0.899. The van der Waals surface area contributed by atoms with E-state index in [-0.39, 0.29) is 12.5 Å². The molecule has 1 saturated heterocycles. The lowest BCUT2D eigenvalue weighted by atomic mass is 9.91. The molecule has 1 fully saturated rings. The number of methoxy groups -OCH3 is 2. The van der Waals surface area contributed by atoms with Gasteiger partial charge in [0.15, 0.2) is 0 Å². The topological polar surface area (TPSA) is 105 Å². The number of carboxylic acid groups (broad SMARTS) is 1. The number of benzene rings is 1. The summed E-state index contributed by atoms with van der Waals surface area (Å²) < 4.78 is 9.87. The SMILES string of the molecule is COC(=O)c1ccc(NC(=O)N2CC(C)CC(C(=O)O)C2)c(OC)c1. The first-order valence-electron chi connectivity index (χ1n) is 7.90. The van der Waals surface area contributed by atoms with Crippen molar-refractivity contribution in [1.29, 1.82) is 0 Å². The van der Waals surface area contributed by atoms with Gasteiger partial charge in [0.05, 0.1) is 31.4 Å². The summed E-state index contributed by atoms with van der Waals surface area (Å²) in [6.45, 7) is 2.56. The number of hydrogen-bond donors (Lipinski definition) is 2. The van der Waals surface area contributed by atoms with E-state index >= 15 is 0 Å². The van der Waals surface area contributed by atoms with Crippen molar-refractivity contribution in [3.63, 3.8) is 0 Å². The Morgan fingerprint density at radius 1 is 1.24 bits per heavy atom. The van der Waals surface area contributed by atoms with Crippen molar-refractivity contribution in [2.45, 2.75) is 13.3 Å². The number of urea groups is 1. The van der Waals surface area contributed by atoms with Crippen LogP contribution in [-0.2, 0) is 9.53 Å². The number of rotatable bonds is 4. The number of carbonyl (C=O) groups is 3. The number of carboxylic acids is 1. The number of amides is 2. The number of nitrogens with one attached hydrogen (secondary N) is 1. The van der Waals surface area contributed by atoms with Gasteiger partial charge < -0.3 is 24.8 Å². The number of esters is 1. The summed E-state index contributed by atoms with van der Waals surface area (Å²) in [7, 11) is 2.70. The molecule has 8 heteroatoms. The van der Waals surface area contributed by atoms with E-state index < -0.39 is 23.9 Å². The normalized spacial score (nSPS) is 19.9. The molecule has 1 heterocycles. The molecule has 0 aliphatic carbocycles. The Morgan fingerprint density at radius 3 is 2.56 bits per heavy atom. The predicted octanol–water partition coefficient (Wildman–Crippen LogP) is 2.06. The van der Waals surface area contributed by atoms with Crippen molar-refractivity contribution in [3.05, 3.63) is 23.8 Å². The Labute approximate surface area is 145 Å². The highest BCUT2D eigenvalue weighted by Crippen LogP contribution is 2.28. The standard InChI is InChI=1S/C17H22N2O6/c1-10-6-12(15(20)21)9-19(8-10)17(23)18-13-5-4-11(16(22)25-3)7-14(13)24-2/h4-5,7,10,12H,6,8-9H2,1-3H3,(H,18,23)(H,20,21). The molecule has 2 N–H and O–H groups in total. The zero-order chi connectivity index (χ0) is 18.6. The van der Waals surface area contributed by atoms with Gasteiger partial charge in [-0.3, -0.25) is 4.79 Å². The fourth-order valence-corrected chi connectivity index (χ4v) is 2.93. The van der Waals surface area contributed by atoms with E-state index in [9.17, 15) is 19.5 Å². The highest BCUT2D eigenvalue weighted by molar-refractivity contribution is 5.94. The molecule has 2 atom stereocenters. The second kappa shape index (κ2) is 7.87. The maximum Gasteiger partial charge on any atom is 0.337 e. The summed E-state index contributed by atoms with van der Waals surface area (Å²) in [6, 6.07) is 4.13. The first-order chi connectivity index (χ1) is 11.8. The Hall–Kier alpha value is -2.77. The van der Waals surface area contributed by atoms with Crippen LogP contribution in [0.15, 0.2) is 18.2 Å². The zero-order valence-corrected chi connectivity index (χ0v) is 14.4. The van der Waals surface area contributed by atoms with Crippen molar-refractivity contribution >= 4 is 23.7 Å². The van der Waals surface area contributed by atoms with E-state index in [0.29, 0.717) is 30.0 Å². The van der Waals surface area contributed by atoms with E-state index in [0.717, 1.165) is 0 Å². The van der Waals surface area contributed by atoms with E-state index in [1.807, 2.05) is 6.92 Å². The van der Waals surface area contributed by atoms with Crippen LogP contribution in [0.2, 0.25) is 0 Å². The molecule has 1 aromatic carbocycles. The van der Waals surface area contributed by atoms with E-state index in [1.54, 1.807) is 6.07 Å². The first-order valence-corrected chi connectivity index (χ1v) is 7.90. The molecule has 0 saturated carbocycles. The highest BCUT2D eigenvalue weighted by atomic mass is 16.5. The summed E-state index contributed by atoms with van der Waals surface area (Å²) in [5, 5.41) is 11.9. The third-order valence-electron chi connectivity index (χ3n) is 4.16. The fraction of sp³-hybridized carbons (Fsp3) is 0.471. The molecule has 2 amide bonds. The Kier molecular flexibility index (Phi) is 5.84. The molecule has 0 aromatic heterocycles. The van der Waals surface area contributed by atoms with Crippen LogP contribution >= 0.6 is 0 Å². The smallest absolute Gasteiger partial charge is 0.337 e. The van der Waals surface area contributed by atoms with Crippen LogP contribution in [0, 0.1) is 11.8 Å². The Bertz CT molecular complexity index is 675. The van der Waals surface area contributed by atoms with Gasteiger partial charge in [0, 0.05) is 13.1 Å². The number of ether oxygens (including phenoxy) is 2. The maximum absolute atomic E-state index is 12.5.